The summed E-state index contributed by atoms with van der Waals surface area (Å²) in [6, 6.07) is 5.71. The fourth-order valence-electron chi connectivity index (χ4n) is 2.22. The van der Waals surface area contributed by atoms with Gasteiger partial charge in [0.15, 0.2) is 5.96 Å². The molecule has 0 aromatic heterocycles. The number of hydrogen-bond donors (Lipinski definition) is 3. The normalized spacial score (nSPS) is 22.0. The van der Waals surface area contributed by atoms with Crippen molar-refractivity contribution in [3.63, 3.8) is 0 Å². The van der Waals surface area contributed by atoms with E-state index in [9.17, 15) is 9.50 Å². The first-order valence-corrected chi connectivity index (χ1v) is 7.11. The van der Waals surface area contributed by atoms with Crippen molar-refractivity contribution in [1.29, 1.82) is 0 Å². The summed E-state index contributed by atoms with van der Waals surface area (Å²) in [4.78, 5) is 4.14. The first kappa shape index (κ1) is 15.7. The van der Waals surface area contributed by atoms with Crippen molar-refractivity contribution in [2.24, 2.45) is 10.7 Å². The molecule has 0 saturated carbocycles. The van der Waals surface area contributed by atoms with Crippen LogP contribution < -0.4 is 11.1 Å². The number of aliphatic imine (C=N–C) groups is 1. The number of guanidine groups is 1. The number of benzene rings is 1. The molecule has 1 aromatic rings. The van der Waals surface area contributed by atoms with Crippen molar-refractivity contribution in [2.45, 2.75) is 31.5 Å². The van der Waals surface area contributed by atoms with Crippen LogP contribution in [0.2, 0.25) is 0 Å². The second-order valence-corrected chi connectivity index (χ2v) is 5.50. The Labute approximate surface area is 124 Å². The van der Waals surface area contributed by atoms with Gasteiger partial charge in [-0.15, -0.1) is 0 Å². The number of nitrogens with zero attached hydrogens (tertiary/aromatic N) is 1. The molecule has 1 aliphatic rings. The predicted octanol–water partition coefficient (Wildman–Crippen LogP) is 1.12. The van der Waals surface area contributed by atoms with Crippen LogP contribution in [-0.2, 0) is 10.3 Å². The molecule has 6 heteroatoms. The minimum atomic E-state index is -1.19. The Morgan fingerprint density at radius 2 is 2.24 bits per heavy atom. The SMILES string of the molecule is CC(O)(CN=C(N)NCC1CCCO1)c1ccc(F)cc1. The van der Waals surface area contributed by atoms with E-state index in [-0.39, 0.29) is 24.4 Å². The van der Waals surface area contributed by atoms with Gasteiger partial charge in [-0.1, -0.05) is 12.1 Å². The van der Waals surface area contributed by atoms with Gasteiger partial charge in [0.05, 0.1) is 12.6 Å². The van der Waals surface area contributed by atoms with Crippen LogP contribution >= 0.6 is 0 Å². The highest BCUT2D eigenvalue weighted by atomic mass is 19.1. The maximum atomic E-state index is 12.9. The second-order valence-electron chi connectivity index (χ2n) is 5.50. The summed E-state index contributed by atoms with van der Waals surface area (Å²) in [5, 5.41) is 13.4. The van der Waals surface area contributed by atoms with Gasteiger partial charge in [-0.05, 0) is 37.5 Å². The minimum Gasteiger partial charge on any atom is -0.384 e. The number of halogens is 1. The summed E-state index contributed by atoms with van der Waals surface area (Å²) in [7, 11) is 0. The lowest BCUT2D eigenvalue weighted by molar-refractivity contribution is 0.0672. The van der Waals surface area contributed by atoms with Gasteiger partial charge in [-0.3, -0.25) is 4.99 Å². The van der Waals surface area contributed by atoms with E-state index in [0.29, 0.717) is 12.1 Å². The summed E-state index contributed by atoms with van der Waals surface area (Å²) < 4.78 is 18.4. The quantitative estimate of drug-likeness (QED) is 0.562. The summed E-state index contributed by atoms with van der Waals surface area (Å²) in [5.74, 6) is -0.0660. The molecule has 1 heterocycles. The summed E-state index contributed by atoms with van der Waals surface area (Å²) in [6.07, 6.45) is 2.27. The molecule has 116 valence electrons. The molecule has 2 rings (SSSR count). The van der Waals surface area contributed by atoms with Crippen LogP contribution in [0.15, 0.2) is 29.3 Å². The molecule has 1 saturated heterocycles. The lowest BCUT2D eigenvalue weighted by Crippen LogP contribution is -2.38. The Morgan fingerprint density at radius 1 is 1.52 bits per heavy atom. The molecular weight excluding hydrogens is 273 g/mol. The average molecular weight is 295 g/mol. The minimum absolute atomic E-state index is 0.100. The molecule has 0 aliphatic carbocycles. The Morgan fingerprint density at radius 3 is 2.86 bits per heavy atom. The van der Waals surface area contributed by atoms with E-state index in [1.165, 1.54) is 12.1 Å². The zero-order chi connectivity index (χ0) is 15.3. The van der Waals surface area contributed by atoms with Crippen molar-refractivity contribution in [3.8, 4) is 0 Å². The number of nitrogens with one attached hydrogen (secondary N) is 1. The molecule has 1 aliphatic heterocycles. The number of aliphatic hydroxyl groups is 1. The van der Waals surface area contributed by atoms with E-state index in [1.54, 1.807) is 19.1 Å². The van der Waals surface area contributed by atoms with Gasteiger partial charge in [-0.25, -0.2) is 4.39 Å². The van der Waals surface area contributed by atoms with Crippen molar-refractivity contribution < 1.29 is 14.2 Å². The Bertz CT molecular complexity index is 482. The van der Waals surface area contributed by atoms with Gasteiger partial charge in [0.25, 0.3) is 0 Å². The number of hydrogen-bond acceptors (Lipinski definition) is 3. The van der Waals surface area contributed by atoms with Crippen LogP contribution in [0.5, 0.6) is 0 Å². The van der Waals surface area contributed by atoms with Crippen LogP contribution in [-0.4, -0.2) is 36.9 Å². The van der Waals surface area contributed by atoms with Crippen molar-refractivity contribution in [2.75, 3.05) is 19.7 Å². The van der Waals surface area contributed by atoms with E-state index in [2.05, 4.69) is 10.3 Å². The molecule has 21 heavy (non-hydrogen) atoms. The molecule has 4 N–H and O–H groups in total. The van der Waals surface area contributed by atoms with Crippen molar-refractivity contribution in [3.05, 3.63) is 35.6 Å². The first-order valence-electron chi connectivity index (χ1n) is 7.11. The standard InChI is InChI=1S/C15H22FN3O2/c1-15(20,11-4-6-12(16)7-5-11)10-19-14(17)18-9-13-3-2-8-21-13/h4-7,13,20H,2-3,8-10H2,1H3,(H3,17,18,19). The fourth-order valence-corrected chi connectivity index (χ4v) is 2.22. The highest BCUT2D eigenvalue weighted by Crippen LogP contribution is 2.21. The van der Waals surface area contributed by atoms with Crippen LogP contribution in [0.4, 0.5) is 4.39 Å². The summed E-state index contributed by atoms with van der Waals surface area (Å²) >= 11 is 0. The van der Waals surface area contributed by atoms with Crippen molar-refractivity contribution in [1.82, 2.24) is 5.32 Å². The Kier molecular flexibility index (Phi) is 5.14. The zero-order valence-electron chi connectivity index (χ0n) is 12.2. The third-order valence-electron chi connectivity index (χ3n) is 3.56. The third kappa shape index (κ3) is 4.68. The van der Waals surface area contributed by atoms with E-state index < -0.39 is 5.60 Å². The van der Waals surface area contributed by atoms with Gasteiger partial charge in [0, 0.05) is 13.2 Å². The highest BCUT2D eigenvalue weighted by molar-refractivity contribution is 5.77. The summed E-state index contributed by atoms with van der Waals surface area (Å²) in [6.45, 7) is 3.14. The molecule has 1 aromatic carbocycles. The van der Waals surface area contributed by atoms with Crippen LogP contribution in [0.25, 0.3) is 0 Å². The predicted molar refractivity (Wildman–Crippen MR) is 79.4 cm³/mol. The average Bonchev–Trinajstić information content (AvgIpc) is 2.97. The smallest absolute Gasteiger partial charge is 0.188 e. The molecule has 0 amide bonds. The number of rotatable bonds is 5. The molecule has 1 fully saturated rings. The maximum Gasteiger partial charge on any atom is 0.188 e. The fraction of sp³-hybridized carbons (Fsp3) is 0.533. The number of nitrogens with two attached hydrogens (primary N) is 1. The zero-order valence-corrected chi connectivity index (χ0v) is 12.2. The van der Waals surface area contributed by atoms with Gasteiger partial charge in [0.2, 0.25) is 0 Å². The topological polar surface area (TPSA) is 79.9 Å². The highest BCUT2D eigenvalue weighted by Gasteiger charge is 2.23. The van der Waals surface area contributed by atoms with Crippen LogP contribution in [0.1, 0.15) is 25.3 Å². The molecule has 2 atom stereocenters. The first-order chi connectivity index (χ1) is 9.97. The number of ether oxygens (including phenoxy) is 1. The van der Waals surface area contributed by atoms with E-state index in [0.717, 1.165) is 19.4 Å². The molecule has 5 nitrogen and oxygen atoms in total. The van der Waals surface area contributed by atoms with Gasteiger partial charge in [-0.2, -0.15) is 0 Å². The Balaban J connectivity index is 1.86. The Hall–Kier alpha value is -1.66. The van der Waals surface area contributed by atoms with E-state index in [4.69, 9.17) is 10.5 Å². The monoisotopic (exact) mass is 295 g/mol. The lowest BCUT2D eigenvalue weighted by atomic mass is 9.96. The van der Waals surface area contributed by atoms with Crippen molar-refractivity contribution >= 4 is 5.96 Å². The maximum absolute atomic E-state index is 12.9. The van der Waals surface area contributed by atoms with E-state index in [1.807, 2.05) is 0 Å². The third-order valence-corrected chi connectivity index (χ3v) is 3.56. The van der Waals surface area contributed by atoms with E-state index >= 15 is 0 Å². The lowest BCUT2D eigenvalue weighted by Gasteiger charge is -2.22. The van der Waals surface area contributed by atoms with Gasteiger partial charge in [0.1, 0.15) is 11.4 Å². The van der Waals surface area contributed by atoms with Crippen LogP contribution in [0.3, 0.4) is 0 Å². The second kappa shape index (κ2) is 6.87. The molecule has 2 unspecified atom stereocenters. The molecule has 0 bridgehead atoms. The largest absolute Gasteiger partial charge is 0.384 e. The van der Waals surface area contributed by atoms with Crippen LogP contribution in [0, 0.1) is 5.82 Å². The molecule has 0 radical (unpaired) electrons. The molecular formula is C15H22FN3O2. The summed E-state index contributed by atoms with van der Waals surface area (Å²) in [5.41, 5.74) is 5.18. The van der Waals surface area contributed by atoms with Gasteiger partial charge >= 0.3 is 0 Å². The molecule has 0 spiro atoms. The van der Waals surface area contributed by atoms with Gasteiger partial charge < -0.3 is 20.9 Å².